The topological polar surface area (TPSA) is 114 Å². The van der Waals surface area contributed by atoms with Gasteiger partial charge >= 0.3 is 0 Å². The number of hydrogen-bond acceptors (Lipinski definition) is 8. The van der Waals surface area contributed by atoms with Crippen LogP contribution >= 0.6 is 11.5 Å². The van der Waals surface area contributed by atoms with Crippen LogP contribution < -0.4 is 9.46 Å². The van der Waals surface area contributed by atoms with Crippen LogP contribution in [0.25, 0.3) is 0 Å². The number of fused-ring (bicyclic) bond motifs is 1. The predicted molar refractivity (Wildman–Crippen MR) is 171 cm³/mol. The summed E-state index contributed by atoms with van der Waals surface area (Å²) in [5.41, 5.74) is 5.71. The predicted octanol–water partition coefficient (Wildman–Crippen LogP) is 7.17. The van der Waals surface area contributed by atoms with Gasteiger partial charge in [-0.1, -0.05) is 68.3 Å². The molecule has 1 heterocycles. The van der Waals surface area contributed by atoms with Gasteiger partial charge in [-0.15, -0.1) is 0 Å². The second-order valence-electron chi connectivity index (χ2n) is 11.5. The van der Waals surface area contributed by atoms with E-state index in [4.69, 9.17) is 9.47 Å². The summed E-state index contributed by atoms with van der Waals surface area (Å²) < 4.78 is 44.7. The standard InChI is InChI=1S/C34H36N4O4S2/c1-2-3-8-19-41-22-25(42-32-14-13-26(20-24(32)21-35)44(39,40)38-33-36-23-37-43-33)15-17-34-18-16-27(28-9-4-6-11-30(28)34)29-10-5-7-12-31(29)34/h4-7,9-14,20,23,25,27H,2-3,8,15-19,22H2,1H3,(H,36,37,38). The van der Waals surface area contributed by atoms with E-state index in [0.29, 0.717) is 31.3 Å². The summed E-state index contributed by atoms with van der Waals surface area (Å²) in [5, 5.41) is 10.1. The average molecular weight is 629 g/mol. The lowest BCUT2D eigenvalue weighted by atomic mass is 9.54. The first-order valence-corrected chi connectivity index (χ1v) is 17.5. The largest absolute Gasteiger partial charge is 0.487 e. The second-order valence-corrected chi connectivity index (χ2v) is 14.0. The van der Waals surface area contributed by atoms with Crippen LogP contribution in [0, 0.1) is 11.3 Å². The summed E-state index contributed by atoms with van der Waals surface area (Å²) in [6.45, 7) is 3.19. The van der Waals surface area contributed by atoms with Crippen LogP contribution in [0.5, 0.6) is 5.75 Å². The summed E-state index contributed by atoms with van der Waals surface area (Å²) in [6.07, 6.45) is 7.93. The molecule has 3 aromatic carbocycles. The lowest BCUT2D eigenvalue weighted by molar-refractivity contribution is 0.0400. The Morgan fingerprint density at radius 1 is 1.09 bits per heavy atom. The van der Waals surface area contributed by atoms with Crippen LogP contribution in [-0.2, 0) is 20.2 Å². The number of nitrogens with zero attached hydrogens (tertiary/aromatic N) is 3. The van der Waals surface area contributed by atoms with Gasteiger partial charge in [0.1, 0.15) is 24.3 Å². The minimum absolute atomic E-state index is 0.0463. The Balaban J connectivity index is 1.26. The van der Waals surface area contributed by atoms with Gasteiger partial charge in [0.15, 0.2) is 0 Å². The van der Waals surface area contributed by atoms with Gasteiger partial charge in [0.2, 0.25) is 5.13 Å². The fourth-order valence-electron chi connectivity index (χ4n) is 6.84. The number of hydrogen-bond donors (Lipinski definition) is 1. The summed E-state index contributed by atoms with van der Waals surface area (Å²) >= 11 is 0.936. The molecule has 3 aliphatic carbocycles. The van der Waals surface area contributed by atoms with Crippen molar-refractivity contribution in [2.24, 2.45) is 0 Å². The van der Waals surface area contributed by atoms with Gasteiger partial charge in [-0.25, -0.2) is 13.4 Å². The first kappa shape index (κ1) is 30.3. The second kappa shape index (κ2) is 13.1. The third-order valence-corrected chi connectivity index (χ3v) is 11.0. The number of nitriles is 1. The number of rotatable bonds is 14. The Labute approximate surface area is 263 Å². The van der Waals surface area contributed by atoms with Crippen molar-refractivity contribution < 1.29 is 17.9 Å². The molecule has 0 fully saturated rings. The van der Waals surface area contributed by atoms with Crippen molar-refractivity contribution in [2.45, 2.75) is 74.2 Å². The van der Waals surface area contributed by atoms with Crippen LogP contribution in [0.4, 0.5) is 5.13 Å². The zero-order valence-corrected chi connectivity index (χ0v) is 26.4. The molecule has 44 heavy (non-hydrogen) atoms. The molecule has 0 aliphatic heterocycles. The summed E-state index contributed by atoms with van der Waals surface area (Å²) in [6, 6.07) is 24.2. The van der Waals surface area contributed by atoms with E-state index in [0.717, 1.165) is 50.1 Å². The molecule has 0 amide bonds. The van der Waals surface area contributed by atoms with E-state index < -0.39 is 10.0 Å². The number of nitrogens with one attached hydrogen (secondary N) is 1. The normalized spacial score (nSPS) is 19.0. The molecular formula is C34H36N4O4S2. The van der Waals surface area contributed by atoms with Crippen molar-refractivity contribution in [3.63, 3.8) is 0 Å². The van der Waals surface area contributed by atoms with Gasteiger partial charge in [0, 0.05) is 29.5 Å². The third kappa shape index (κ3) is 5.96. The fraction of sp³-hybridized carbons (Fsp3) is 0.382. The van der Waals surface area contributed by atoms with Gasteiger partial charge < -0.3 is 9.47 Å². The lowest BCUT2D eigenvalue weighted by Crippen LogP contribution is -2.41. The van der Waals surface area contributed by atoms with E-state index >= 15 is 0 Å². The molecule has 1 aromatic heterocycles. The van der Waals surface area contributed by atoms with E-state index in [-0.39, 0.29) is 27.1 Å². The van der Waals surface area contributed by atoms with Crippen molar-refractivity contribution in [1.29, 1.82) is 5.26 Å². The molecule has 1 atom stereocenters. The molecule has 0 saturated heterocycles. The zero-order valence-electron chi connectivity index (χ0n) is 24.7. The van der Waals surface area contributed by atoms with Crippen LogP contribution in [0.3, 0.4) is 0 Å². The molecule has 10 heteroatoms. The number of ether oxygens (including phenoxy) is 2. The molecule has 7 rings (SSSR count). The van der Waals surface area contributed by atoms with Gasteiger partial charge in [0.25, 0.3) is 10.0 Å². The van der Waals surface area contributed by atoms with E-state index in [1.54, 1.807) is 6.07 Å². The SMILES string of the molecule is CCCCCOCC(CCC12CCC(c3ccccc31)c1ccccc12)Oc1ccc(S(=O)(=O)Nc2ncns2)cc1C#N. The van der Waals surface area contributed by atoms with E-state index in [9.17, 15) is 13.7 Å². The highest BCUT2D eigenvalue weighted by atomic mass is 32.2. The van der Waals surface area contributed by atoms with Crippen molar-refractivity contribution in [3.8, 4) is 11.8 Å². The van der Waals surface area contributed by atoms with Gasteiger partial charge in [-0.3, -0.25) is 4.72 Å². The Hall–Kier alpha value is -3.78. The molecular weight excluding hydrogens is 593 g/mol. The van der Waals surface area contributed by atoms with Gasteiger partial charge in [-0.05, 0) is 72.6 Å². The van der Waals surface area contributed by atoms with E-state index in [1.165, 1.54) is 40.7 Å². The van der Waals surface area contributed by atoms with Crippen LogP contribution in [0.2, 0.25) is 0 Å². The number of anilines is 1. The molecule has 8 nitrogen and oxygen atoms in total. The monoisotopic (exact) mass is 628 g/mol. The zero-order chi connectivity index (χ0) is 30.6. The Kier molecular flexibility index (Phi) is 8.98. The van der Waals surface area contributed by atoms with Crippen molar-refractivity contribution in [3.05, 3.63) is 101 Å². The molecule has 3 aliphatic rings. The van der Waals surface area contributed by atoms with Crippen LogP contribution in [-0.4, -0.2) is 37.1 Å². The van der Waals surface area contributed by atoms with Crippen LogP contribution in [0.15, 0.2) is 78.0 Å². The fourth-order valence-corrected chi connectivity index (χ4v) is 8.53. The quantitative estimate of drug-likeness (QED) is 0.147. The first-order chi connectivity index (χ1) is 21.4. The Morgan fingerprint density at radius 2 is 1.84 bits per heavy atom. The molecule has 1 N–H and O–H groups in total. The van der Waals surface area contributed by atoms with Gasteiger partial charge in [-0.2, -0.15) is 9.64 Å². The van der Waals surface area contributed by atoms with Crippen LogP contribution in [0.1, 0.15) is 85.6 Å². The minimum Gasteiger partial charge on any atom is -0.487 e. The molecule has 2 bridgehead atoms. The van der Waals surface area contributed by atoms with Crippen molar-refractivity contribution in [2.75, 3.05) is 17.9 Å². The molecule has 1 unspecified atom stereocenters. The number of unbranched alkanes of at least 4 members (excludes halogenated alkanes) is 2. The molecule has 0 saturated carbocycles. The van der Waals surface area contributed by atoms with E-state index in [1.807, 2.05) is 0 Å². The maximum absolute atomic E-state index is 12.9. The molecule has 0 spiro atoms. The molecule has 228 valence electrons. The Bertz CT molecular complexity index is 1700. The number of benzene rings is 3. The van der Waals surface area contributed by atoms with Crippen molar-refractivity contribution >= 4 is 26.7 Å². The third-order valence-electron chi connectivity index (χ3n) is 8.91. The maximum Gasteiger partial charge on any atom is 0.263 e. The summed E-state index contributed by atoms with van der Waals surface area (Å²) in [4.78, 5) is 3.84. The number of sulfonamides is 1. The maximum atomic E-state index is 12.9. The van der Waals surface area contributed by atoms with Gasteiger partial charge in [0.05, 0.1) is 17.1 Å². The highest BCUT2D eigenvalue weighted by Crippen LogP contribution is 2.58. The van der Waals surface area contributed by atoms with E-state index in [2.05, 4.69) is 75.6 Å². The number of aromatic nitrogens is 2. The van der Waals surface area contributed by atoms with Crippen molar-refractivity contribution in [1.82, 2.24) is 9.36 Å². The smallest absolute Gasteiger partial charge is 0.263 e. The highest BCUT2D eigenvalue weighted by Gasteiger charge is 2.47. The highest BCUT2D eigenvalue weighted by molar-refractivity contribution is 7.93. The Morgan fingerprint density at radius 3 is 2.52 bits per heavy atom. The average Bonchev–Trinajstić information content (AvgIpc) is 3.56. The first-order valence-electron chi connectivity index (χ1n) is 15.2. The lowest BCUT2D eigenvalue weighted by Gasteiger charge is -2.50. The molecule has 0 radical (unpaired) electrons. The summed E-state index contributed by atoms with van der Waals surface area (Å²) in [5.74, 6) is 0.780. The summed E-state index contributed by atoms with van der Waals surface area (Å²) in [7, 11) is -3.95. The minimum atomic E-state index is -3.95. The molecule has 4 aromatic rings.